The lowest BCUT2D eigenvalue weighted by atomic mass is 9.94. The highest BCUT2D eigenvalue weighted by atomic mass is 16.5. The molecule has 2 rings (SSSR count). The van der Waals surface area contributed by atoms with Crippen LogP contribution in [0.15, 0.2) is 0 Å². The van der Waals surface area contributed by atoms with E-state index in [4.69, 9.17) is 9.84 Å². The van der Waals surface area contributed by atoms with Crippen molar-refractivity contribution >= 4 is 12.0 Å². The van der Waals surface area contributed by atoms with Gasteiger partial charge < -0.3 is 20.1 Å². The highest BCUT2D eigenvalue weighted by Crippen LogP contribution is 2.29. The quantitative estimate of drug-likeness (QED) is 0.693. The van der Waals surface area contributed by atoms with Gasteiger partial charge in [0.2, 0.25) is 0 Å². The summed E-state index contributed by atoms with van der Waals surface area (Å²) >= 11 is 0. The van der Waals surface area contributed by atoms with Gasteiger partial charge in [0.25, 0.3) is 0 Å². The number of hydrogen-bond donors (Lipinski definition) is 2. The zero-order chi connectivity index (χ0) is 18.2. The average molecular weight is 355 g/mol. The molecule has 2 N–H and O–H groups in total. The van der Waals surface area contributed by atoms with E-state index in [1.807, 2.05) is 4.90 Å². The number of nitrogens with one attached hydrogen (secondary N) is 1. The van der Waals surface area contributed by atoms with Crippen LogP contribution in [0.3, 0.4) is 0 Å². The number of amides is 2. The van der Waals surface area contributed by atoms with Gasteiger partial charge in [0, 0.05) is 25.7 Å². The molecule has 0 bridgehead atoms. The molecule has 2 aliphatic rings. The molecule has 1 aliphatic carbocycles. The maximum Gasteiger partial charge on any atom is 0.317 e. The Balaban J connectivity index is 1.84. The van der Waals surface area contributed by atoms with Crippen molar-refractivity contribution in [3.8, 4) is 0 Å². The number of carbonyl (C=O) groups excluding carboxylic acids is 1. The molecule has 25 heavy (non-hydrogen) atoms. The van der Waals surface area contributed by atoms with Gasteiger partial charge in [-0.2, -0.15) is 0 Å². The fourth-order valence-corrected chi connectivity index (χ4v) is 4.00. The van der Waals surface area contributed by atoms with E-state index < -0.39 is 5.97 Å². The number of carboxylic acid groups (broad SMARTS) is 1. The van der Waals surface area contributed by atoms with Crippen LogP contribution in [0.25, 0.3) is 0 Å². The normalized spacial score (nSPS) is 23.0. The number of nitrogens with zero attached hydrogens (tertiary/aromatic N) is 2. The molecule has 0 spiro atoms. The molecule has 2 fully saturated rings. The summed E-state index contributed by atoms with van der Waals surface area (Å²) in [6.07, 6.45) is 6.96. The predicted octanol–water partition coefficient (Wildman–Crippen LogP) is 1.77. The number of rotatable bonds is 8. The minimum Gasteiger partial charge on any atom is -0.480 e. The lowest BCUT2D eigenvalue weighted by molar-refractivity contribution is -0.138. The second kappa shape index (κ2) is 9.97. The van der Waals surface area contributed by atoms with Crippen LogP contribution in [0.1, 0.15) is 45.4 Å². The second-order valence-corrected chi connectivity index (χ2v) is 7.42. The highest BCUT2D eigenvalue weighted by Gasteiger charge is 2.30. The highest BCUT2D eigenvalue weighted by molar-refractivity contribution is 5.74. The van der Waals surface area contributed by atoms with E-state index in [9.17, 15) is 9.59 Å². The first kappa shape index (κ1) is 20.0. The lowest BCUT2D eigenvalue weighted by Gasteiger charge is -2.36. The first-order valence-electron chi connectivity index (χ1n) is 9.57. The zero-order valence-electron chi connectivity index (χ0n) is 15.6. The minimum atomic E-state index is -0.855. The second-order valence-electron chi connectivity index (χ2n) is 7.42. The molecule has 0 aromatic carbocycles. The van der Waals surface area contributed by atoms with E-state index in [1.54, 1.807) is 11.9 Å². The molecule has 7 heteroatoms. The number of likely N-dealkylation sites (N-methyl/N-ethyl adjacent to an activating group) is 1. The van der Waals surface area contributed by atoms with Crippen molar-refractivity contribution in [1.29, 1.82) is 0 Å². The molecule has 1 saturated heterocycles. The van der Waals surface area contributed by atoms with Crippen molar-refractivity contribution in [2.45, 2.75) is 57.6 Å². The number of morpholine rings is 1. The molecule has 0 aromatic heterocycles. The Hall–Kier alpha value is -1.34. The van der Waals surface area contributed by atoms with Gasteiger partial charge in [0.15, 0.2) is 0 Å². The molecule has 7 nitrogen and oxygen atoms in total. The Morgan fingerprint density at radius 3 is 2.72 bits per heavy atom. The Morgan fingerprint density at radius 1 is 1.36 bits per heavy atom. The van der Waals surface area contributed by atoms with E-state index in [-0.39, 0.29) is 24.7 Å². The fraction of sp³-hybridized carbons (Fsp3) is 0.889. The summed E-state index contributed by atoms with van der Waals surface area (Å²) in [5, 5.41) is 12.1. The van der Waals surface area contributed by atoms with E-state index >= 15 is 0 Å². The first-order valence-corrected chi connectivity index (χ1v) is 9.57. The Labute approximate surface area is 150 Å². The maximum atomic E-state index is 12.7. The summed E-state index contributed by atoms with van der Waals surface area (Å²) in [5.41, 5.74) is 0. The standard InChI is InChI=1S/C18H33N3O4/c1-3-6-16(14-7-4-5-8-14)19-18(24)21-9-10-25-15(12-21)11-20(2)13-17(22)23/h14-16H,3-13H2,1-2H3,(H,19,24)(H,22,23). The van der Waals surface area contributed by atoms with E-state index in [0.29, 0.717) is 32.2 Å². The monoisotopic (exact) mass is 355 g/mol. The van der Waals surface area contributed by atoms with Crippen LogP contribution in [0, 0.1) is 5.92 Å². The van der Waals surface area contributed by atoms with Gasteiger partial charge in [-0.3, -0.25) is 9.69 Å². The Kier molecular flexibility index (Phi) is 7.96. The van der Waals surface area contributed by atoms with Crippen LogP contribution in [0.4, 0.5) is 4.79 Å². The summed E-state index contributed by atoms with van der Waals surface area (Å²) in [7, 11) is 1.76. The van der Waals surface area contributed by atoms with E-state index in [0.717, 1.165) is 12.8 Å². The van der Waals surface area contributed by atoms with Gasteiger partial charge in [-0.05, 0) is 32.2 Å². The summed E-state index contributed by atoms with van der Waals surface area (Å²) in [4.78, 5) is 27.0. The summed E-state index contributed by atoms with van der Waals surface area (Å²) < 4.78 is 5.71. The predicted molar refractivity (Wildman–Crippen MR) is 95.6 cm³/mol. The third-order valence-electron chi connectivity index (χ3n) is 5.22. The SMILES string of the molecule is CCCC(NC(=O)N1CCOC(CN(C)CC(=O)O)C1)C1CCCC1. The van der Waals surface area contributed by atoms with Gasteiger partial charge in [-0.15, -0.1) is 0 Å². The number of aliphatic carboxylic acids is 1. The smallest absolute Gasteiger partial charge is 0.317 e. The summed E-state index contributed by atoms with van der Waals surface area (Å²) in [5.74, 6) is -0.241. The number of ether oxygens (including phenoxy) is 1. The number of carboxylic acids is 1. The van der Waals surface area contributed by atoms with Crippen molar-refractivity contribution < 1.29 is 19.4 Å². The first-order chi connectivity index (χ1) is 12.0. The van der Waals surface area contributed by atoms with Gasteiger partial charge >= 0.3 is 12.0 Å². The van der Waals surface area contributed by atoms with Crippen LogP contribution in [-0.2, 0) is 9.53 Å². The van der Waals surface area contributed by atoms with Crippen molar-refractivity contribution in [3.63, 3.8) is 0 Å². The lowest BCUT2D eigenvalue weighted by Crippen LogP contribution is -2.54. The largest absolute Gasteiger partial charge is 0.480 e. The van der Waals surface area contributed by atoms with Gasteiger partial charge in [0.05, 0.1) is 19.3 Å². The van der Waals surface area contributed by atoms with Crippen molar-refractivity contribution in [2.75, 3.05) is 39.8 Å². The molecular formula is C18H33N3O4. The summed E-state index contributed by atoms with van der Waals surface area (Å²) in [6, 6.07) is 0.274. The topological polar surface area (TPSA) is 82.1 Å². The molecule has 2 unspecified atom stereocenters. The molecule has 1 aliphatic heterocycles. The fourth-order valence-electron chi connectivity index (χ4n) is 4.00. The van der Waals surface area contributed by atoms with Crippen LogP contribution >= 0.6 is 0 Å². The van der Waals surface area contributed by atoms with Crippen LogP contribution in [0.5, 0.6) is 0 Å². The molecule has 144 valence electrons. The molecule has 1 heterocycles. The number of carbonyl (C=O) groups is 2. The Bertz CT molecular complexity index is 440. The third kappa shape index (κ3) is 6.47. The van der Waals surface area contributed by atoms with Crippen molar-refractivity contribution in [3.05, 3.63) is 0 Å². The molecule has 2 amide bonds. The molecule has 0 aromatic rings. The molecule has 2 atom stereocenters. The van der Waals surface area contributed by atoms with Crippen molar-refractivity contribution in [2.24, 2.45) is 5.92 Å². The molecule has 1 saturated carbocycles. The molecular weight excluding hydrogens is 322 g/mol. The van der Waals surface area contributed by atoms with Crippen molar-refractivity contribution in [1.82, 2.24) is 15.1 Å². The van der Waals surface area contributed by atoms with Crippen LogP contribution < -0.4 is 5.32 Å². The summed E-state index contributed by atoms with van der Waals surface area (Å²) in [6.45, 7) is 4.26. The van der Waals surface area contributed by atoms with E-state index in [1.165, 1.54) is 25.7 Å². The Morgan fingerprint density at radius 2 is 2.08 bits per heavy atom. The number of hydrogen-bond acceptors (Lipinski definition) is 4. The zero-order valence-corrected chi connectivity index (χ0v) is 15.6. The number of urea groups is 1. The maximum absolute atomic E-state index is 12.7. The third-order valence-corrected chi connectivity index (χ3v) is 5.22. The van der Waals surface area contributed by atoms with Gasteiger partial charge in [0.1, 0.15) is 0 Å². The van der Waals surface area contributed by atoms with Gasteiger partial charge in [-0.25, -0.2) is 4.79 Å². The average Bonchev–Trinajstić information content (AvgIpc) is 3.08. The minimum absolute atomic E-state index is 0.000428. The van der Waals surface area contributed by atoms with Crippen LogP contribution in [0.2, 0.25) is 0 Å². The van der Waals surface area contributed by atoms with Gasteiger partial charge in [-0.1, -0.05) is 26.2 Å². The molecule has 0 radical (unpaired) electrons. The van der Waals surface area contributed by atoms with Crippen LogP contribution in [-0.4, -0.2) is 78.9 Å². The van der Waals surface area contributed by atoms with E-state index in [2.05, 4.69) is 12.2 Å².